The van der Waals surface area contributed by atoms with Gasteiger partial charge in [-0.3, -0.25) is 4.90 Å². The molecule has 0 aromatic carbocycles. The van der Waals surface area contributed by atoms with E-state index in [2.05, 4.69) is 61.8 Å². The van der Waals surface area contributed by atoms with E-state index in [1.54, 1.807) is 6.33 Å². The monoisotopic (exact) mass is 442 g/mol. The number of nitrogens with zero attached hydrogens (tertiary/aromatic N) is 3. The molecule has 0 amide bonds. The van der Waals surface area contributed by atoms with Crippen LogP contribution in [-0.4, -0.2) is 40.9 Å². The van der Waals surface area contributed by atoms with E-state index in [4.69, 9.17) is 5.73 Å². The third-order valence-corrected chi connectivity index (χ3v) is 8.17. The van der Waals surface area contributed by atoms with Crippen molar-refractivity contribution in [2.24, 2.45) is 11.3 Å². The average Bonchev–Trinajstić information content (AvgIpc) is 3.06. The summed E-state index contributed by atoms with van der Waals surface area (Å²) in [5, 5.41) is 11.0. The van der Waals surface area contributed by atoms with Gasteiger partial charge in [-0.25, -0.2) is 4.98 Å². The van der Waals surface area contributed by atoms with Crippen LogP contribution in [0.3, 0.4) is 0 Å². The lowest BCUT2D eigenvalue weighted by atomic mass is 9.64. The maximum Gasteiger partial charge on any atom is 0.256 e. The highest BCUT2D eigenvalue weighted by atomic mass is 16.3. The lowest BCUT2D eigenvalue weighted by Gasteiger charge is -2.42. The van der Waals surface area contributed by atoms with Crippen molar-refractivity contribution in [1.82, 2.24) is 9.97 Å². The largest absolute Gasteiger partial charge is 0.390 e. The number of quaternary nitrogens is 1. The molecule has 2 heterocycles. The molecule has 1 aromatic rings. The highest BCUT2D eigenvalue weighted by Crippen LogP contribution is 2.46. The summed E-state index contributed by atoms with van der Waals surface area (Å²) >= 11 is 0. The second kappa shape index (κ2) is 9.92. The lowest BCUT2D eigenvalue weighted by Crippen LogP contribution is -3.03. The van der Waals surface area contributed by atoms with E-state index < -0.39 is 5.60 Å². The molecule has 0 spiro atoms. The molecule has 32 heavy (non-hydrogen) atoms. The summed E-state index contributed by atoms with van der Waals surface area (Å²) in [7, 11) is 2.11. The topological polar surface area (TPSA) is 79.7 Å². The van der Waals surface area contributed by atoms with Crippen molar-refractivity contribution in [2.45, 2.75) is 85.2 Å². The lowest BCUT2D eigenvalue weighted by molar-refractivity contribution is -0.805. The summed E-state index contributed by atoms with van der Waals surface area (Å²) in [6.07, 6.45) is 13.5. The third-order valence-electron chi connectivity index (χ3n) is 8.17. The normalized spacial score (nSPS) is 27.8. The summed E-state index contributed by atoms with van der Waals surface area (Å²) in [6.45, 7) is 12.9. The fourth-order valence-electron chi connectivity index (χ4n) is 5.32. The van der Waals surface area contributed by atoms with Gasteiger partial charge < -0.3 is 15.7 Å². The predicted molar refractivity (Wildman–Crippen MR) is 133 cm³/mol. The fourth-order valence-corrected chi connectivity index (χ4v) is 5.32. The van der Waals surface area contributed by atoms with E-state index >= 15 is 0 Å². The number of fused-ring (bicyclic) bond motifs is 1. The van der Waals surface area contributed by atoms with Crippen LogP contribution in [0.2, 0.25) is 0 Å². The van der Waals surface area contributed by atoms with Gasteiger partial charge in [-0.1, -0.05) is 37.1 Å². The first-order valence-corrected chi connectivity index (χ1v) is 12.3. The highest BCUT2D eigenvalue weighted by molar-refractivity contribution is 5.73. The van der Waals surface area contributed by atoms with Crippen LogP contribution < -0.4 is 15.5 Å². The van der Waals surface area contributed by atoms with Gasteiger partial charge in [-0.05, 0) is 77.0 Å². The van der Waals surface area contributed by atoms with Crippen molar-refractivity contribution in [2.75, 3.05) is 30.9 Å². The molecule has 2 unspecified atom stereocenters. The Morgan fingerprint density at radius 1 is 1.41 bits per heavy atom. The minimum absolute atomic E-state index is 0.227. The summed E-state index contributed by atoms with van der Waals surface area (Å²) in [5.41, 5.74) is 9.56. The van der Waals surface area contributed by atoms with Crippen molar-refractivity contribution in [3.05, 3.63) is 29.6 Å². The number of rotatable bonds is 9. The summed E-state index contributed by atoms with van der Waals surface area (Å²) in [5.74, 6) is 2.22. The van der Waals surface area contributed by atoms with Gasteiger partial charge in [0.25, 0.3) is 5.82 Å². The molecule has 4 N–H and O–H groups in total. The minimum atomic E-state index is -0.605. The van der Waals surface area contributed by atoms with E-state index in [9.17, 15) is 5.11 Å². The van der Waals surface area contributed by atoms with Crippen molar-refractivity contribution in [3.8, 4) is 0 Å². The third kappa shape index (κ3) is 5.52. The minimum Gasteiger partial charge on any atom is -0.390 e. The van der Waals surface area contributed by atoms with E-state index in [-0.39, 0.29) is 5.41 Å². The van der Waals surface area contributed by atoms with Gasteiger partial charge >= 0.3 is 0 Å². The Hall–Kier alpha value is -1.92. The molecule has 6 heteroatoms. The van der Waals surface area contributed by atoms with Crippen LogP contribution in [0.1, 0.15) is 79.6 Å². The summed E-state index contributed by atoms with van der Waals surface area (Å²) in [4.78, 5) is 12.1. The van der Waals surface area contributed by atoms with Crippen LogP contribution in [0.4, 0.5) is 17.3 Å². The van der Waals surface area contributed by atoms with Crippen molar-refractivity contribution in [1.29, 1.82) is 0 Å². The Balaban J connectivity index is 1.47. The Kier molecular flexibility index (Phi) is 7.66. The number of anilines is 2. The standard InChI is InChI=1S/C26H43N5O/c1-19(12-16-31-18-30(6)24-22(31)23(27)28-17-29-24)9-8-13-25(4,32)14-15-26(5)20(2)10-7-11-21(26)3/h10,12,17,21,32H,7-9,11,13-16,18H2,1-6H3,(H2,27,28,29)/p+1/t21-,25?,26-/m0/s1. The molecular formula is C26H44N5O+. The number of nitrogens with two attached hydrogens (primary N) is 1. The number of aliphatic hydroxyl groups is 1. The van der Waals surface area contributed by atoms with Crippen LogP contribution in [0.5, 0.6) is 0 Å². The van der Waals surface area contributed by atoms with Crippen LogP contribution in [-0.2, 0) is 0 Å². The summed E-state index contributed by atoms with van der Waals surface area (Å²) in [6, 6.07) is 0. The molecule has 0 fully saturated rings. The van der Waals surface area contributed by atoms with Gasteiger partial charge in [0.1, 0.15) is 6.33 Å². The molecule has 0 bridgehead atoms. The number of nitrogens with one attached hydrogen (secondary N) is 1. The summed E-state index contributed by atoms with van der Waals surface area (Å²) < 4.78 is 0. The smallest absolute Gasteiger partial charge is 0.256 e. The van der Waals surface area contributed by atoms with Gasteiger partial charge in [0.2, 0.25) is 0 Å². The number of nitrogen functional groups attached to an aromatic ring is 1. The molecule has 0 saturated carbocycles. The van der Waals surface area contributed by atoms with E-state index in [1.807, 2.05) is 6.92 Å². The number of aromatic nitrogens is 2. The molecule has 2 aliphatic rings. The van der Waals surface area contributed by atoms with Gasteiger partial charge in [-0.2, -0.15) is 4.98 Å². The molecule has 1 aromatic heterocycles. The van der Waals surface area contributed by atoms with Crippen LogP contribution in [0.25, 0.3) is 0 Å². The first-order valence-electron chi connectivity index (χ1n) is 12.3. The fraction of sp³-hybridized carbons (Fsp3) is 0.692. The number of hydrogen-bond donors (Lipinski definition) is 3. The molecule has 0 radical (unpaired) electrons. The SMILES string of the molecule is CC(=CCN1C[NH+](C)c2ncnc(N)c21)CCCC(C)(O)CC[C@@]1(C)C(C)=CCC[C@@H]1C. The zero-order valence-electron chi connectivity index (χ0n) is 21.0. The van der Waals surface area contributed by atoms with Crippen LogP contribution in [0, 0.1) is 11.3 Å². The number of allylic oxidation sites excluding steroid dienone is 3. The molecule has 0 saturated heterocycles. The van der Waals surface area contributed by atoms with Gasteiger partial charge in [0, 0.05) is 6.54 Å². The molecule has 1 aliphatic heterocycles. The predicted octanol–water partition coefficient (Wildman–Crippen LogP) is 4.01. The molecule has 178 valence electrons. The Bertz CT molecular complexity index is 862. The van der Waals surface area contributed by atoms with Gasteiger partial charge in [0.05, 0.1) is 12.6 Å². The van der Waals surface area contributed by atoms with Crippen molar-refractivity contribution < 1.29 is 10.0 Å². The maximum absolute atomic E-state index is 11.0. The second-order valence-corrected chi connectivity index (χ2v) is 10.8. The Morgan fingerprint density at radius 3 is 2.88 bits per heavy atom. The highest BCUT2D eigenvalue weighted by Gasteiger charge is 2.36. The first kappa shape index (κ1) is 24.7. The van der Waals surface area contributed by atoms with E-state index in [0.717, 1.165) is 56.8 Å². The van der Waals surface area contributed by atoms with Crippen LogP contribution in [0.15, 0.2) is 29.6 Å². The quantitative estimate of drug-likeness (QED) is 0.504. The zero-order valence-corrected chi connectivity index (χ0v) is 21.0. The second-order valence-electron chi connectivity index (χ2n) is 10.8. The zero-order chi connectivity index (χ0) is 23.5. The number of hydrogen-bond acceptors (Lipinski definition) is 5. The molecule has 1 aliphatic carbocycles. The molecule has 6 nitrogen and oxygen atoms in total. The van der Waals surface area contributed by atoms with Gasteiger partial charge in [0.15, 0.2) is 18.2 Å². The maximum atomic E-state index is 11.0. The van der Waals surface area contributed by atoms with Crippen molar-refractivity contribution >= 4 is 17.3 Å². The molecule has 3 rings (SSSR count). The van der Waals surface area contributed by atoms with Crippen LogP contribution >= 0.6 is 0 Å². The van der Waals surface area contributed by atoms with E-state index in [0.29, 0.717) is 11.7 Å². The Labute approximate surface area is 194 Å². The Morgan fingerprint density at radius 2 is 2.16 bits per heavy atom. The average molecular weight is 443 g/mol. The van der Waals surface area contributed by atoms with Gasteiger partial charge in [-0.15, -0.1) is 0 Å². The van der Waals surface area contributed by atoms with E-state index in [1.165, 1.54) is 28.9 Å². The molecular weight excluding hydrogens is 398 g/mol. The first-order chi connectivity index (χ1) is 15.0. The van der Waals surface area contributed by atoms with Crippen molar-refractivity contribution in [3.63, 3.8) is 0 Å². The molecule has 4 atom stereocenters.